The van der Waals surface area contributed by atoms with Crippen molar-refractivity contribution in [3.05, 3.63) is 51.6 Å². The number of pyridine rings is 1. The van der Waals surface area contributed by atoms with Gasteiger partial charge in [-0.25, -0.2) is 4.98 Å². The Hall–Kier alpha value is -1.88. The molecular formula is C16H18BrN3O. The summed E-state index contributed by atoms with van der Waals surface area (Å²) in [6.07, 6.45) is 1.67. The topological polar surface area (TPSA) is 54.0 Å². The van der Waals surface area contributed by atoms with Crippen molar-refractivity contribution in [2.75, 3.05) is 17.2 Å². The first-order valence-electron chi connectivity index (χ1n) is 6.79. The van der Waals surface area contributed by atoms with Gasteiger partial charge in [-0.3, -0.25) is 4.79 Å². The zero-order chi connectivity index (χ0) is 15.4. The van der Waals surface area contributed by atoms with Gasteiger partial charge in [0.2, 0.25) is 0 Å². The van der Waals surface area contributed by atoms with Crippen molar-refractivity contribution in [1.82, 2.24) is 4.98 Å². The Labute approximate surface area is 133 Å². The minimum absolute atomic E-state index is 0.173. The Morgan fingerprint density at radius 2 is 2.05 bits per heavy atom. The third kappa shape index (κ3) is 3.82. The highest BCUT2D eigenvalue weighted by Gasteiger charge is 2.14. The van der Waals surface area contributed by atoms with Crippen LogP contribution in [0.15, 0.2) is 34.9 Å². The van der Waals surface area contributed by atoms with E-state index in [-0.39, 0.29) is 5.91 Å². The van der Waals surface area contributed by atoms with Crippen molar-refractivity contribution in [1.29, 1.82) is 0 Å². The quantitative estimate of drug-likeness (QED) is 0.873. The number of hydrogen-bond acceptors (Lipinski definition) is 3. The zero-order valence-electron chi connectivity index (χ0n) is 12.3. The summed E-state index contributed by atoms with van der Waals surface area (Å²) < 4.78 is 0.773. The van der Waals surface area contributed by atoms with E-state index >= 15 is 0 Å². The minimum atomic E-state index is -0.173. The molecule has 2 rings (SSSR count). The van der Waals surface area contributed by atoms with Crippen molar-refractivity contribution >= 4 is 33.3 Å². The van der Waals surface area contributed by atoms with Crippen LogP contribution in [0.1, 0.15) is 28.4 Å². The average molecular weight is 348 g/mol. The van der Waals surface area contributed by atoms with E-state index in [1.807, 2.05) is 39.0 Å². The fraction of sp³-hybridized carbons (Fsp3) is 0.250. The number of nitrogens with zero attached hydrogens (tertiary/aromatic N) is 1. The molecule has 0 saturated heterocycles. The predicted molar refractivity (Wildman–Crippen MR) is 90.0 cm³/mol. The predicted octanol–water partition coefficient (Wildman–Crippen LogP) is 4.15. The van der Waals surface area contributed by atoms with Gasteiger partial charge in [0.05, 0.1) is 5.56 Å². The Morgan fingerprint density at radius 3 is 2.76 bits per heavy atom. The third-order valence-corrected chi connectivity index (χ3v) is 3.52. The summed E-state index contributed by atoms with van der Waals surface area (Å²) in [7, 11) is 0. The molecule has 0 aliphatic rings. The molecule has 0 aliphatic heterocycles. The number of nitrogens with one attached hydrogen (secondary N) is 2. The maximum atomic E-state index is 12.5. The SMILES string of the molecule is CCNc1ncc(Br)cc1C(=O)Nc1cc(C)ccc1C. The number of halogens is 1. The van der Waals surface area contributed by atoms with Crippen LogP contribution in [-0.2, 0) is 0 Å². The average Bonchev–Trinajstić information content (AvgIpc) is 2.45. The first-order chi connectivity index (χ1) is 10.0. The molecule has 2 aromatic rings. The summed E-state index contributed by atoms with van der Waals surface area (Å²) in [5.74, 6) is 0.414. The lowest BCUT2D eigenvalue weighted by Gasteiger charge is -2.12. The Bertz CT molecular complexity index is 671. The first kappa shape index (κ1) is 15.5. The molecule has 0 saturated carbocycles. The van der Waals surface area contributed by atoms with Crippen LogP contribution in [0.25, 0.3) is 0 Å². The molecule has 1 amide bonds. The van der Waals surface area contributed by atoms with Crippen molar-refractivity contribution in [2.45, 2.75) is 20.8 Å². The van der Waals surface area contributed by atoms with Crippen LogP contribution >= 0.6 is 15.9 Å². The Morgan fingerprint density at radius 1 is 1.29 bits per heavy atom. The van der Waals surface area contributed by atoms with Crippen molar-refractivity contribution in [3.8, 4) is 0 Å². The van der Waals surface area contributed by atoms with E-state index in [4.69, 9.17) is 0 Å². The standard InChI is InChI=1S/C16H18BrN3O/c1-4-18-15-13(8-12(17)9-19-15)16(21)20-14-7-10(2)5-6-11(14)3/h5-9H,4H2,1-3H3,(H,18,19)(H,20,21). The number of amides is 1. The second kappa shape index (κ2) is 6.72. The van der Waals surface area contributed by atoms with E-state index in [1.54, 1.807) is 12.3 Å². The molecule has 0 unspecified atom stereocenters. The number of aryl methyl sites for hydroxylation is 2. The first-order valence-corrected chi connectivity index (χ1v) is 7.58. The van der Waals surface area contributed by atoms with E-state index in [1.165, 1.54) is 0 Å². The second-order valence-electron chi connectivity index (χ2n) is 4.85. The molecule has 0 bridgehead atoms. The fourth-order valence-corrected chi connectivity index (χ4v) is 2.31. The van der Waals surface area contributed by atoms with Crippen LogP contribution in [0.5, 0.6) is 0 Å². The molecule has 110 valence electrons. The number of rotatable bonds is 4. The van der Waals surface area contributed by atoms with Crippen molar-refractivity contribution < 1.29 is 4.79 Å². The number of carbonyl (C=O) groups is 1. The maximum Gasteiger partial charge on any atom is 0.259 e. The summed E-state index contributed by atoms with van der Waals surface area (Å²) in [6, 6.07) is 7.75. The Balaban J connectivity index is 2.31. The van der Waals surface area contributed by atoms with Gasteiger partial charge >= 0.3 is 0 Å². The van der Waals surface area contributed by atoms with E-state index in [0.717, 1.165) is 21.3 Å². The normalized spacial score (nSPS) is 10.3. The molecule has 1 aromatic heterocycles. The maximum absolute atomic E-state index is 12.5. The molecule has 0 fully saturated rings. The van der Waals surface area contributed by atoms with Crippen LogP contribution in [0.3, 0.4) is 0 Å². The van der Waals surface area contributed by atoms with Crippen molar-refractivity contribution in [3.63, 3.8) is 0 Å². The van der Waals surface area contributed by atoms with E-state index in [0.29, 0.717) is 17.9 Å². The molecule has 21 heavy (non-hydrogen) atoms. The monoisotopic (exact) mass is 347 g/mol. The molecule has 0 atom stereocenters. The van der Waals surface area contributed by atoms with Gasteiger partial charge in [-0.1, -0.05) is 12.1 Å². The van der Waals surface area contributed by atoms with Crippen LogP contribution in [-0.4, -0.2) is 17.4 Å². The van der Waals surface area contributed by atoms with Gasteiger partial charge in [-0.15, -0.1) is 0 Å². The molecule has 2 N–H and O–H groups in total. The van der Waals surface area contributed by atoms with E-state index in [2.05, 4.69) is 31.5 Å². The lowest BCUT2D eigenvalue weighted by Crippen LogP contribution is -2.16. The number of benzene rings is 1. The van der Waals surface area contributed by atoms with E-state index < -0.39 is 0 Å². The number of hydrogen-bond donors (Lipinski definition) is 2. The summed E-state index contributed by atoms with van der Waals surface area (Å²) in [5, 5.41) is 6.06. The minimum Gasteiger partial charge on any atom is -0.370 e. The van der Waals surface area contributed by atoms with Crippen LogP contribution < -0.4 is 10.6 Å². The number of aromatic nitrogens is 1. The van der Waals surface area contributed by atoms with Gasteiger partial charge < -0.3 is 10.6 Å². The van der Waals surface area contributed by atoms with Gasteiger partial charge in [0, 0.05) is 22.9 Å². The van der Waals surface area contributed by atoms with Gasteiger partial charge in [0.15, 0.2) is 0 Å². The molecule has 1 heterocycles. The summed E-state index contributed by atoms with van der Waals surface area (Å²) in [6.45, 7) is 6.65. The lowest BCUT2D eigenvalue weighted by molar-refractivity contribution is 0.102. The highest BCUT2D eigenvalue weighted by atomic mass is 79.9. The molecule has 0 radical (unpaired) electrons. The number of carbonyl (C=O) groups excluding carboxylic acids is 1. The molecule has 1 aromatic carbocycles. The highest BCUT2D eigenvalue weighted by molar-refractivity contribution is 9.10. The van der Waals surface area contributed by atoms with Gasteiger partial charge in [0.25, 0.3) is 5.91 Å². The van der Waals surface area contributed by atoms with Crippen LogP contribution in [0, 0.1) is 13.8 Å². The van der Waals surface area contributed by atoms with E-state index in [9.17, 15) is 4.79 Å². The molecule has 0 aliphatic carbocycles. The van der Waals surface area contributed by atoms with Gasteiger partial charge in [-0.2, -0.15) is 0 Å². The summed E-state index contributed by atoms with van der Waals surface area (Å²) in [5.41, 5.74) is 3.48. The lowest BCUT2D eigenvalue weighted by atomic mass is 10.1. The van der Waals surface area contributed by atoms with Crippen molar-refractivity contribution in [2.24, 2.45) is 0 Å². The summed E-state index contributed by atoms with van der Waals surface area (Å²) >= 11 is 3.36. The molecule has 4 nitrogen and oxygen atoms in total. The molecular weight excluding hydrogens is 330 g/mol. The third-order valence-electron chi connectivity index (χ3n) is 3.08. The van der Waals surface area contributed by atoms with Crippen LogP contribution in [0.2, 0.25) is 0 Å². The van der Waals surface area contributed by atoms with Gasteiger partial charge in [-0.05, 0) is 60.0 Å². The largest absolute Gasteiger partial charge is 0.370 e. The van der Waals surface area contributed by atoms with Gasteiger partial charge in [0.1, 0.15) is 5.82 Å². The molecule has 0 spiro atoms. The number of anilines is 2. The molecule has 5 heteroatoms. The smallest absolute Gasteiger partial charge is 0.259 e. The fourth-order valence-electron chi connectivity index (χ4n) is 1.98. The second-order valence-corrected chi connectivity index (χ2v) is 5.77. The van der Waals surface area contributed by atoms with Crippen LogP contribution in [0.4, 0.5) is 11.5 Å². The zero-order valence-corrected chi connectivity index (χ0v) is 13.9. The highest BCUT2D eigenvalue weighted by Crippen LogP contribution is 2.21. The summed E-state index contributed by atoms with van der Waals surface area (Å²) in [4.78, 5) is 16.8. The Kier molecular flexibility index (Phi) is 4.96.